The highest BCUT2D eigenvalue weighted by atomic mass is 19.1. The molecule has 1 aromatic carbocycles. The molecule has 1 aliphatic rings. The van der Waals surface area contributed by atoms with E-state index in [1.165, 1.54) is 18.2 Å². The lowest BCUT2D eigenvalue weighted by Gasteiger charge is -2.12. The smallest absolute Gasteiger partial charge is 0.149 e. The molecule has 0 aromatic heterocycles. The van der Waals surface area contributed by atoms with Crippen LogP contribution in [0.4, 0.5) is 14.5 Å². The summed E-state index contributed by atoms with van der Waals surface area (Å²) in [5.74, 6) is -1.12. The number of ether oxygens (including phenoxy) is 1. The maximum atomic E-state index is 13.2. The zero-order chi connectivity index (χ0) is 10.7. The minimum Gasteiger partial charge on any atom is -0.378 e. The van der Waals surface area contributed by atoms with Gasteiger partial charge in [0.1, 0.15) is 17.3 Å². The maximum Gasteiger partial charge on any atom is 0.149 e. The van der Waals surface area contributed by atoms with Crippen molar-refractivity contribution in [1.29, 1.82) is 0 Å². The van der Waals surface area contributed by atoms with E-state index in [4.69, 9.17) is 4.74 Å². The predicted molar refractivity (Wildman–Crippen MR) is 53.8 cm³/mol. The standard InChI is InChI=1S/C11H13F2NO/c12-9-4-1-5-10(13)11(9)14-7-8-3-2-6-15-8/h1,4-5,8,14H,2-3,6-7H2. The summed E-state index contributed by atoms with van der Waals surface area (Å²) in [6, 6.07) is 3.82. The van der Waals surface area contributed by atoms with Gasteiger partial charge in [-0.3, -0.25) is 0 Å². The fraction of sp³-hybridized carbons (Fsp3) is 0.455. The normalized spacial score (nSPS) is 20.5. The fourth-order valence-corrected chi connectivity index (χ4v) is 1.69. The van der Waals surface area contributed by atoms with Crippen LogP contribution in [0.5, 0.6) is 0 Å². The van der Waals surface area contributed by atoms with Crippen LogP contribution in [0.15, 0.2) is 18.2 Å². The molecule has 0 bridgehead atoms. The summed E-state index contributed by atoms with van der Waals surface area (Å²) in [5, 5.41) is 2.75. The maximum absolute atomic E-state index is 13.2. The number of para-hydroxylation sites is 1. The molecule has 4 heteroatoms. The largest absolute Gasteiger partial charge is 0.378 e. The van der Waals surface area contributed by atoms with Crippen LogP contribution in [0.25, 0.3) is 0 Å². The van der Waals surface area contributed by atoms with Crippen molar-refractivity contribution in [3.63, 3.8) is 0 Å². The van der Waals surface area contributed by atoms with Gasteiger partial charge in [-0.15, -0.1) is 0 Å². The first-order chi connectivity index (χ1) is 7.27. The van der Waals surface area contributed by atoms with Crippen molar-refractivity contribution in [3.8, 4) is 0 Å². The van der Waals surface area contributed by atoms with Crippen molar-refractivity contribution in [2.24, 2.45) is 0 Å². The Kier molecular flexibility index (Phi) is 3.16. The molecule has 0 aliphatic carbocycles. The van der Waals surface area contributed by atoms with Gasteiger partial charge < -0.3 is 10.1 Å². The van der Waals surface area contributed by atoms with Crippen LogP contribution in [0, 0.1) is 11.6 Å². The molecule has 1 aliphatic heterocycles. The lowest BCUT2D eigenvalue weighted by atomic mass is 10.2. The van der Waals surface area contributed by atoms with Crippen molar-refractivity contribution in [1.82, 2.24) is 0 Å². The Balaban J connectivity index is 1.97. The first-order valence-corrected chi connectivity index (χ1v) is 5.07. The number of halogens is 2. The highest BCUT2D eigenvalue weighted by Crippen LogP contribution is 2.19. The van der Waals surface area contributed by atoms with Crippen LogP contribution in [-0.2, 0) is 4.74 Å². The second-order valence-corrected chi connectivity index (χ2v) is 3.61. The Hall–Kier alpha value is -1.16. The zero-order valence-corrected chi connectivity index (χ0v) is 8.30. The molecule has 0 saturated carbocycles. The molecule has 0 spiro atoms. The van der Waals surface area contributed by atoms with E-state index < -0.39 is 11.6 Å². The Morgan fingerprint density at radius 2 is 2.07 bits per heavy atom. The lowest BCUT2D eigenvalue weighted by Crippen LogP contribution is -2.19. The van der Waals surface area contributed by atoms with Crippen molar-refractivity contribution in [2.45, 2.75) is 18.9 Å². The van der Waals surface area contributed by atoms with Gasteiger partial charge in [-0.25, -0.2) is 8.78 Å². The summed E-state index contributed by atoms with van der Waals surface area (Å²) < 4.78 is 31.7. The summed E-state index contributed by atoms with van der Waals surface area (Å²) in [5.41, 5.74) is -0.0620. The minimum atomic E-state index is -0.562. The second-order valence-electron chi connectivity index (χ2n) is 3.61. The summed E-state index contributed by atoms with van der Waals surface area (Å²) in [6.45, 7) is 1.20. The third-order valence-electron chi connectivity index (χ3n) is 2.49. The topological polar surface area (TPSA) is 21.3 Å². The molecular weight excluding hydrogens is 200 g/mol. The van der Waals surface area contributed by atoms with E-state index in [1.54, 1.807) is 0 Å². The van der Waals surface area contributed by atoms with E-state index in [1.807, 2.05) is 0 Å². The molecule has 0 radical (unpaired) electrons. The highest BCUT2D eigenvalue weighted by Gasteiger charge is 2.16. The predicted octanol–water partition coefficient (Wildman–Crippen LogP) is 2.56. The van der Waals surface area contributed by atoms with Gasteiger partial charge in [0.05, 0.1) is 6.10 Å². The SMILES string of the molecule is Fc1cccc(F)c1NCC1CCCO1. The van der Waals surface area contributed by atoms with Crippen LogP contribution < -0.4 is 5.32 Å². The molecular formula is C11H13F2NO. The third kappa shape index (κ3) is 2.45. The van der Waals surface area contributed by atoms with Gasteiger partial charge in [0.15, 0.2) is 0 Å². The van der Waals surface area contributed by atoms with Crippen molar-refractivity contribution >= 4 is 5.69 Å². The Labute approximate surface area is 87.2 Å². The van der Waals surface area contributed by atoms with Gasteiger partial charge in [-0.1, -0.05) is 6.07 Å². The first-order valence-electron chi connectivity index (χ1n) is 5.07. The molecule has 1 unspecified atom stereocenters. The Morgan fingerprint density at radius 3 is 2.67 bits per heavy atom. The fourth-order valence-electron chi connectivity index (χ4n) is 1.69. The number of nitrogens with one attached hydrogen (secondary N) is 1. The molecule has 15 heavy (non-hydrogen) atoms. The monoisotopic (exact) mass is 213 g/mol. The Bertz CT molecular complexity index is 317. The molecule has 2 rings (SSSR count). The van der Waals surface area contributed by atoms with E-state index in [0.717, 1.165) is 19.4 Å². The minimum absolute atomic E-state index is 0.0620. The molecule has 1 fully saturated rings. The van der Waals surface area contributed by atoms with Gasteiger partial charge in [0.25, 0.3) is 0 Å². The average molecular weight is 213 g/mol. The number of hydrogen-bond acceptors (Lipinski definition) is 2. The molecule has 2 nitrogen and oxygen atoms in total. The zero-order valence-electron chi connectivity index (χ0n) is 8.30. The van der Waals surface area contributed by atoms with Crippen LogP contribution >= 0.6 is 0 Å². The number of anilines is 1. The number of benzene rings is 1. The van der Waals surface area contributed by atoms with Crippen LogP contribution in [0.3, 0.4) is 0 Å². The van der Waals surface area contributed by atoms with Crippen molar-refractivity contribution < 1.29 is 13.5 Å². The van der Waals surface area contributed by atoms with Gasteiger partial charge in [-0.05, 0) is 25.0 Å². The summed E-state index contributed by atoms with van der Waals surface area (Å²) in [7, 11) is 0. The van der Waals surface area contributed by atoms with E-state index >= 15 is 0 Å². The molecule has 1 N–H and O–H groups in total. The molecule has 0 amide bonds. The highest BCUT2D eigenvalue weighted by molar-refractivity contribution is 5.46. The van der Waals surface area contributed by atoms with Gasteiger partial charge >= 0.3 is 0 Å². The molecule has 1 aromatic rings. The Morgan fingerprint density at radius 1 is 1.33 bits per heavy atom. The summed E-state index contributed by atoms with van der Waals surface area (Å²) in [6.07, 6.45) is 2.04. The number of hydrogen-bond donors (Lipinski definition) is 1. The van der Waals surface area contributed by atoms with Crippen LogP contribution in [0.1, 0.15) is 12.8 Å². The molecule has 1 atom stereocenters. The van der Waals surface area contributed by atoms with Gasteiger partial charge in [0, 0.05) is 13.2 Å². The number of rotatable bonds is 3. The van der Waals surface area contributed by atoms with Crippen molar-refractivity contribution in [3.05, 3.63) is 29.8 Å². The first kappa shape index (κ1) is 10.4. The van der Waals surface area contributed by atoms with Crippen LogP contribution in [-0.4, -0.2) is 19.3 Å². The van der Waals surface area contributed by atoms with Gasteiger partial charge in [-0.2, -0.15) is 0 Å². The summed E-state index contributed by atoms with van der Waals surface area (Å²) >= 11 is 0. The summed E-state index contributed by atoms with van der Waals surface area (Å²) in [4.78, 5) is 0. The third-order valence-corrected chi connectivity index (χ3v) is 2.49. The second kappa shape index (κ2) is 4.57. The van der Waals surface area contributed by atoms with E-state index in [2.05, 4.69) is 5.32 Å². The quantitative estimate of drug-likeness (QED) is 0.833. The van der Waals surface area contributed by atoms with Crippen molar-refractivity contribution in [2.75, 3.05) is 18.5 Å². The molecule has 1 saturated heterocycles. The lowest BCUT2D eigenvalue weighted by molar-refractivity contribution is 0.120. The van der Waals surface area contributed by atoms with E-state index in [9.17, 15) is 8.78 Å². The van der Waals surface area contributed by atoms with E-state index in [0.29, 0.717) is 6.54 Å². The molecule has 82 valence electrons. The van der Waals surface area contributed by atoms with Crippen LogP contribution in [0.2, 0.25) is 0 Å². The average Bonchev–Trinajstić information content (AvgIpc) is 2.70. The van der Waals surface area contributed by atoms with E-state index in [-0.39, 0.29) is 11.8 Å². The molecule has 1 heterocycles. The van der Waals surface area contributed by atoms with Gasteiger partial charge in [0.2, 0.25) is 0 Å².